The molecular formula is C19H17N3O3. The topological polar surface area (TPSA) is 68.5 Å². The van der Waals surface area contributed by atoms with E-state index in [0.717, 1.165) is 29.5 Å². The molecule has 1 aliphatic heterocycles. The Morgan fingerprint density at radius 1 is 1.16 bits per heavy atom. The third-order valence-electron chi connectivity index (χ3n) is 4.72. The number of hydrogen-bond acceptors (Lipinski definition) is 5. The summed E-state index contributed by atoms with van der Waals surface area (Å²) in [5.74, 6) is 1.78. The summed E-state index contributed by atoms with van der Waals surface area (Å²) >= 11 is 0. The summed E-state index contributed by atoms with van der Waals surface area (Å²) < 4.78 is 11.1. The molecule has 1 aliphatic carbocycles. The molecule has 25 heavy (non-hydrogen) atoms. The zero-order valence-corrected chi connectivity index (χ0v) is 13.6. The number of para-hydroxylation sites is 1. The van der Waals surface area contributed by atoms with Crippen LogP contribution in [0.15, 0.2) is 47.0 Å². The Kier molecular flexibility index (Phi) is 3.23. The summed E-state index contributed by atoms with van der Waals surface area (Å²) in [5, 5.41) is 4.99. The van der Waals surface area contributed by atoms with Gasteiger partial charge in [-0.15, -0.1) is 0 Å². The maximum Gasteiger partial charge on any atom is 0.276 e. The van der Waals surface area contributed by atoms with Crippen molar-refractivity contribution in [1.29, 1.82) is 0 Å². The molecule has 3 heterocycles. The number of likely N-dealkylation sites (tertiary alicyclic amines) is 1. The lowest BCUT2D eigenvalue weighted by atomic mass is 10.1. The van der Waals surface area contributed by atoms with E-state index in [1.165, 1.54) is 0 Å². The van der Waals surface area contributed by atoms with Crippen molar-refractivity contribution < 1.29 is 14.1 Å². The lowest BCUT2D eigenvalue weighted by molar-refractivity contribution is 0.0154. The summed E-state index contributed by atoms with van der Waals surface area (Å²) in [4.78, 5) is 18.6. The van der Waals surface area contributed by atoms with E-state index >= 15 is 0 Å². The predicted molar refractivity (Wildman–Crippen MR) is 90.5 cm³/mol. The Morgan fingerprint density at radius 3 is 2.84 bits per heavy atom. The van der Waals surface area contributed by atoms with Crippen LogP contribution in [-0.4, -0.2) is 40.1 Å². The summed E-state index contributed by atoms with van der Waals surface area (Å²) in [6.45, 7) is 1.08. The number of amides is 1. The van der Waals surface area contributed by atoms with Crippen LogP contribution in [0, 0.1) is 0 Å². The fraction of sp³-hybridized carbons (Fsp3) is 0.316. The average molecular weight is 335 g/mol. The lowest BCUT2D eigenvalue weighted by Crippen LogP contribution is -2.56. The number of fused-ring (bicyclic) bond motifs is 1. The van der Waals surface area contributed by atoms with Gasteiger partial charge in [0.1, 0.15) is 11.9 Å². The smallest absolute Gasteiger partial charge is 0.276 e. The van der Waals surface area contributed by atoms with Crippen molar-refractivity contribution >= 4 is 16.8 Å². The molecule has 6 nitrogen and oxygen atoms in total. The summed E-state index contributed by atoms with van der Waals surface area (Å²) in [7, 11) is 0. The van der Waals surface area contributed by atoms with Gasteiger partial charge in [-0.1, -0.05) is 23.4 Å². The van der Waals surface area contributed by atoms with Crippen LogP contribution in [0.2, 0.25) is 0 Å². The molecule has 5 rings (SSSR count). The van der Waals surface area contributed by atoms with Gasteiger partial charge in [-0.05, 0) is 25.0 Å². The monoisotopic (exact) mass is 335 g/mol. The second kappa shape index (κ2) is 5.58. The number of aromatic nitrogens is 2. The first-order chi connectivity index (χ1) is 12.3. The van der Waals surface area contributed by atoms with Crippen molar-refractivity contribution in [3.8, 4) is 5.88 Å². The highest BCUT2D eigenvalue weighted by molar-refractivity contribution is 5.93. The van der Waals surface area contributed by atoms with Gasteiger partial charge in [0, 0.05) is 23.4 Å². The van der Waals surface area contributed by atoms with Crippen molar-refractivity contribution in [1.82, 2.24) is 15.0 Å². The molecule has 0 spiro atoms. The van der Waals surface area contributed by atoms with E-state index in [4.69, 9.17) is 9.26 Å². The van der Waals surface area contributed by atoms with Crippen LogP contribution < -0.4 is 4.74 Å². The zero-order valence-electron chi connectivity index (χ0n) is 13.6. The number of ether oxygens (including phenoxy) is 1. The quantitative estimate of drug-likeness (QED) is 0.733. The minimum Gasteiger partial charge on any atom is -0.471 e. The van der Waals surface area contributed by atoms with Gasteiger partial charge >= 0.3 is 0 Å². The highest BCUT2D eigenvalue weighted by Gasteiger charge is 2.35. The predicted octanol–water partition coefficient (Wildman–Crippen LogP) is 3.00. The van der Waals surface area contributed by atoms with Gasteiger partial charge in [0.05, 0.1) is 18.6 Å². The summed E-state index contributed by atoms with van der Waals surface area (Å²) in [6.07, 6.45) is 2.22. The van der Waals surface area contributed by atoms with Gasteiger partial charge < -0.3 is 14.2 Å². The minimum atomic E-state index is -0.0954. The molecule has 126 valence electrons. The normalized spacial score (nSPS) is 17.5. The number of carbonyl (C=O) groups is 1. The van der Waals surface area contributed by atoms with Crippen molar-refractivity contribution in [2.24, 2.45) is 0 Å². The van der Waals surface area contributed by atoms with Gasteiger partial charge in [-0.3, -0.25) is 4.79 Å². The largest absolute Gasteiger partial charge is 0.471 e. The fourth-order valence-electron chi connectivity index (χ4n) is 3.07. The fourth-order valence-corrected chi connectivity index (χ4v) is 3.07. The molecular weight excluding hydrogens is 318 g/mol. The maximum absolute atomic E-state index is 12.4. The van der Waals surface area contributed by atoms with E-state index in [1.54, 1.807) is 11.0 Å². The third-order valence-corrected chi connectivity index (χ3v) is 4.72. The van der Waals surface area contributed by atoms with Crippen LogP contribution in [0.4, 0.5) is 0 Å². The Labute approximate surface area is 144 Å². The molecule has 0 radical (unpaired) electrons. The van der Waals surface area contributed by atoms with E-state index in [1.807, 2.05) is 36.4 Å². The number of hydrogen-bond donors (Lipinski definition) is 0. The maximum atomic E-state index is 12.4. The van der Waals surface area contributed by atoms with Gasteiger partial charge in [-0.2, -0.15) is 0 Å². The molecule has 1 aromatic carbocycles. The number of pyridine rings is 1. The van der Waals surface area contributed by atoms with E-state index in [0.29, 0.717) is 30.6 Å². The Morgan fingerprint density at radius 2 is 2.00 bits per heavy atom. The first-order valence-corrected chi connectivity index (χ1v) is 8.54. The van der Waals surface area contributed by atoms with E-state index in [-0.39, 0.29) is 12.0 Å². The first-order valence-electron chi connectivity index (χ1n) is 8.54. The Hall–Kier alpha value is -2.89. The first kappa shape index (κ1) is 14.5. The highest BCUT2D eigenvalue weighted by atomic mass is 16.5. The minimum absolute atomic E-state index is 0.0348. The number of nitrogens with zero attached hydrogens (tertiary/aromatic N) is 3. The van der Waals surface area contributed by atoms with Crippen LogP contribution in [0.1, 0.15) is 35.0 Å². The van der Waals surface area contributed by atoms with Crippen LogP contribution in [0.25, 0.3) is 10.9 Å². The molecule has 0 atom stereocenters. The van der Waals surface area contributed by atoms with Gasteiger partial charge in [0.2, 0.25) is 5.88 Å². The molecule has 1 amide bonds. The zero-order chi connectivity index (χ0) is 16.8. The van der Waals surface area contributed by atoms with Crippen LogP contribution in [-0.2, 0) is 0 Å². The van der Waals surface area contributed by atoms with Gasteiger partial charge in [0.15, 0.2) is 5.69 Å². The number of rotatable bonds is 4. The average Bonchev–Trinajstić information content (AvgIpc) is 3.34. The third kappa shape index (κ3) is 2.73. The highest BCUT2D eigenvalue weighted by Crippen LogP contribution is 2.40. The van der Waals surface area contributed by atoms with Gasteiger partial charge in [-0.25, -0.2) is 4.98 Å². The molecule has 1 saturated carbocycles. The van der Waals surface area contributed by atoms with Gasteiger partial charge in [0.25, 0.3) is 5.91 Å². The number of benzene rings is 1. The lowest BCUT2D eigenvalue weighted by Gasteiger charge is -2.38. The van der Waals surface area contributed by atoms with Crippen molar-refractivity contribution in [2.45, 2.75) is 24.9 Å². The Bertz CT molecular complexity index is 942. The second-order valence-corrected chi connectivity index (χ2v) is 6.68. The van der Waals surface area contributed by atoms with Crippen molar-refractivity contribution in [3.63, 3.8) is 0 Å². The molecule has 0 unspecified atom stereocenters. The molecule has 2 fully saturated rings. The van der Waals surface area contributed by atoms with Crippen molar-refractivity contribution in [3.05, 3.63) is 53.9 Å². The number of carbonyl (C=O) groups excluding carboxylic acids is 1. The van der Waals surface area contributed by atoms with E-state index < -0.39 is 0 Å². The standard InChI is InChI=1S/C19H17N3O3/c23-19(16-9-17(25-21-16)13-5-6-13)22-10-14(11-22)24-18-8-7-12-3-1-2-4-15(12)20-18/h1-4,7-9,13-14H,5-6,10-11H2. The molecule has 2 aromatic heterocycles. The summed E-state index contributed by atoms with van der Waals surface area (Å²) in [6, 6.07) is 13.6. The van der Waals surface area contributed by atoms with Crippen LogP contribution in [0.3, 0.4) is 0 Å². The van der Waals surface area contributed by atoms with Crippen molar-refractivity contribution in [2.75, 3.05) is 13.1 Å². The molecule has 3 aromatic rings. The second-order valence-electron chi connectivity index (χ2n) is 6.68. The molecule has 6 heteroatoms. The van der Waals surface area contributed by atoms with Crippen LogP contribution >= 0.6 is 0 Å². The molecule has 0 N–H and O–H groups in total. The van der Waals surface area contributed by atoms with E-state index in [9.17, 15) is 4.79 Å². The SMILES string of the molecule is O=C(c1cc(C2CC2)on1)N1CC(Oc2ccc3ccccc3n2)C1. The molecule has 2 aliphatic rings. The Balaban J connectivity index is 1.21. The summed E-state index contributed by atoms with van der Waals surface area (Å²) in [5.41, 5.74) is 1.30. The molecule has 0 bridgehead atoms. The molecule has 1 saturated heterocycles. The van der Waals surface area contributed by atoms with Crippen LogP contribution in [0.5, 0.6) is 5.88 Å². The van der Waals surface area contributed by atoms with E-state index in [2.05, 4.69) is 10.1 Å².